The van der Waals surface area contributed by atoms with Crippen molar-refractivity contribution in [1.29, 1.82) is 0 Å². The van der Waals surface area contributed by atoms with E-state index < -0.39 is 12.0 Å². The maximum absolute atomic E-state index is 14.0. The van der Waals surface area contributed by atoms with Gasteiger partial charge in [-0.2, -0.15) is 0 Å². The van der Waals surface area contributed by atoms with Gasteiger partial charge in [0.2, 0.25) is 0 Å². The molecule has 1 fully saturated rings. The molecule has 0 N–H and O–H groups in total. The summed E-state index contributed by atoms with van der Waals surface area (Å²) in [4.78, 5) is 0. The number of halogens is 2. The molecule has 0 amide bonds. The standard InChI is InChI=1S/C17H24F2O3/c1-20-13-22-16-8-7-14(11-17(16,18)19)9-10-21-12-15-5-3-2-4-6-15/h2-6,14,16H,7-13H2,1H3. The van der Waals surface area contributed by atoms with Crippen LogP contribution < -0.4 is 0 Å². The summed E-state index contributed by atoms with van der Waals surface area (Å²) in [6.45, 7) is 0.966. The van der Waals surface area contributed by atoms with Gasteiger partial charge in [0.15, 0.2) is 0 Å². The highest BCUT2D eigenvalue weighted by atomic mass is 19.3. The monoisotopic (exact) mass is 314 g/mol. The Balaban J connectivity index is 1.67. The lowest BCUT2D eigenvalue weighted by molar-refractivity contribution is -0.199. The van der Waals surface area contributed by atoms with Crippen LogP contribution in [0, 0.1) is 5.92 Å². The predicted molar refractivity (Wildman–Crippen MR) is 79.8 cm³/mol. The van der Waals surface area contributed by atoms with Crippen molar-refractivity contribution < 1.29 is 23.0 Å². The zero-order chi connectivity index (χ0) is 15.8. The van der Waals surface area contributed by atoms with Gasteiger partial charge in [0.05, 0.1) is 6.61 Å². The van der Waals surface area contributed by atoms with E-state index in [1.807, 2.05) is 30.3 Å². The van der Waals surface area contributed by atoms with Crippen LogP contribution in [0.15, 0.2) is 30.3 Å². The molecule has 5 heteroatoms. The first kappa shape index (κ1) is 17.3. The van der Waals surface area contributed by atoms with E-state index in [0.29, 0.717) is 26.1 Å². The van der Waals surface area contributed by atoms with Gasteiger partial charge in [-0.3, -0.25) is 0 Å². The predicted octanol–water partition coefficient (Wildman–Crippen LogP) is 4.02. The van der Waals surface area contributed by atoms with Gasteiger partial charge in [-0.1, -0.05) is 30.3 Å². The second-order valence-electron chi connectivity index (χ2n) is 5.80. The van der Waals surface area contributed by atoms with E-state index in [1.54, 1.807) is 0 Å². The Morgan fingerprint density at radius 2 is 1.95 bits per heavy atom. The summed E-state index contributed by atoms with van der Waals surface area (Å²) in [5.41, 5.74) is 1.10. The molecule has 1 aliphatic carbocycles. The molecule has 0 saturated heterocycles. The van der Waals surface area contributed by atoms with E-state index in [9.17, 15) is 8.78 Å². The Labute approximate surface area is 130 Å². The topological polar surface area (TPSA) is 27.7 Å². The fourth-order valence-electron chi connectivity index (χ4n) is 2.83. The van der Waals surface area contributed by atoms with Gasteiger partial charge in [-0.25, -0.2) is 8.78 Å². The van der Waals surface area contributed by atoms with E-state index in [2.05, 4.69) is 0 Å². The largest absolute Gasteiger partial charge is 0.377 e. The molecule has 124 valence electrons. The summed E-state index contributed by atoms with van der Waals surface area (Å²) in [7, 11) is 1.44. The summed E-state index contributed by atoms with van der Waals surface area (Å²) in [5, 5.41) is 0. The highest BCUT2D eigenvalue weighted by molar-refractivity contribution is 5.13. The second-order valence-corrected chi connectivity index (χ2v) is 5.80. The molecule has 0 spiro atoms. The number of rotatable bonds is 8. The summed E-state index contributed by atoms with van der Waals surface area (Å²) in [6.07, 6.45) is 0.641. The van der Waals surface area contributed by atoms with Gasteiger partial charge in [-0.05, 0) is 30.7 Å². The van der Waals surface area contributed by atoms with E-state index in [0.717, 1.165) is 12.0 Å². The minimum Gasteiger partial charge on any atom is -0.377 e. The normalized spacial score (nSPS) is 24.3. The van der Waals surface area contributed by atoms with Crippen molar-refractivity contribution in [2.75, 3.05) is 20.5 Å². The van der Waals surface area contributed by atoms with Gasteiger partial charge < -0.3 is 14.2 Å². The van der Waals surface area contributed by atoms with Crippen LogP contribution in [0.2, 0.25) is 0 Å². The molecule has 0 radical (unpaired) electrons. The van der Waals surface area contributed by atoms with Crippen LogP contribution in [0.4, 0.5) is 8.78 Å². The summed E-state index contributed by atoms with van der Waals surface area (Å²) in [6, 6.07) is 9.86. The molecule has 2 unspecified atom stereocenters. The third-order valence-electron chi connectivity index (χ3n) is 4.04. The third kappa shape index (κ3) is 5.30. The Morgan fingerprint density at radius 3 is 2.64 bits per heavy atom. The van der Waals surface area contributed by atoms with Crippen LogP contribution in [0.25, 0.3) is 0 Å². The number of methoxy groups -OCH3 is 1. The van der Waals surface area contributed by atoms with E-state index >= 15 is 0 Å². The Hall–Kier alpha value is -1.04. The molecule has 2 atom stereocenters. The van der Waals surface area contributed by atoms with E-state index in [4.69, 9.17) is 14.2 Å². The van der Waals surface area contributed by atoms with Crippen molar-refractivity contribution in [3.8, 4) is 0 Å². The maximum Gasteiger partial charge on any atom is 0.274 e. The van der Waals surface area contributed by atoms with Crippen LogP contribution in [0.3, 0.4) is 0 Å². The quantitative estimate of drug-likeness (QED) is 0.536. The van der Waals surface area contributed by atoms with Gasteiger partial charge in [0.25, 0.3) is 5.92 Å². The molecule has 1 aromatic rings. The number of hydrogen-bond acceptors (Lipinski definition) is 3. The lowest BCUT2D eigenvalue weighted by Gasteiger charge is -2.35. The average molecular weight is 314 g/mol. The Morgan fingerprint density at radius 1 is 1.18 bits per heavy atom. The van der Waals surface area contributed by atoms with Crippen molar-refractivity contribution in [1.82, 2.24) is 0 Å². The minimum absolute atomic E-state index is 0.00633. The zero-order valence-electron chi connectivity index (χ0n) is 13.0. The van der Waals surface area contributed by atoms with Crippen molar-refractivity contribution in [3.63, 3.8) is 0 Å². The molecule has 0 aliphatic heterocycles. The molecule has 3 nitrogen and oxygen atoms in total. The Bertz CT molecular complexity index is 425. The molecule has 0 heterocycles. The number of alkyl halides is 2. The van der Waals surface area contributed by atoms with Crippen molar-refractivity contribution >= 4 is 0 Å². The summed E-state index contributed by atoms with van der Waals surface area (Å²) in [5.74, 6) is -2.78. The lowest BCUT2D eigenvalue weighted by atomic mass is 9.83. The van der Waals surface area contributed by atoms with Crippen LogP contribution in [0.1, 0.15) is 31.2 Å². The van der Waals surface area contributed by atoms with Crippen LogP contribution in [0.5, 0.6) is 0 Å². The lowest BCUT2D eigenvalue weighted by Crippen LogP contribution is -2.42. The van der Waals surface area contributed by atoms with Crippen LogP contribution in [-0.4, -0.2) is 32.5 Å². The maximum atomic E-state index is 14.0. The van der Waals surface area contributed by atoms with Crippen molar-refractivity contribution in [3.05, 3.63) is 35.9 Å². The molecule has 1 aromatic carbocycles. The third-order valence-corrected chi connectivity index (χ3v) is 4.04. The van der Waals surface area contributed by atoms with Crippen LogP contribution in [-0.2, 0) is 20.8 Å². The fourth-order valence-corrected chi connectivity index (χ4v) is 2.83. The van der Waals surface area contributed by atoms with Crippen molar-refractivity contribution in [2.24, 2.45) is 5.92 Å². The van der Waals surface area contributed by atoms with Crippen molar-refractivity contribution in [2.45, 2.75) is 44.3 Å². The Kier molecular flexibility index (Phi) is 6.73. The summed E-state index contributed by atoms with van der Waals surface area (Å²) < 4.78 is 43.4. The molecular formula is C17H24F2O3. The van der Waals surface area contributed by atoms with Gasteiger partial charge in [-0.15, -0.1) is 0 Å². The fraction of sp³-hybridized carbons (Fsp3) is 0.647. The van der Waals surface area contributed by atoms with E-state index in [1.165, 1.54) is 7.11 Å². The molecule has 0 bridgehead atoms. The van der Waals surface area contributed by atoms with Crippen LogP contribution >= 0.6 is 0 Å². The average Bonchev–Trinajstić information content (AvgIpc) is 2.51. The molecule has 1 saturated carbocycles. The molecule has 2 rings (SSSR count). The number of hydrogen-bond donors (Lipinski definition) is 0. The summed E-state index contributed by atoms with van der Waals surface area (Å²) >= 11 is 0. The first-order valence-electron chi connectivity index (χ1n) is 7.72. The molecule has 0 aromatic heterocycles. The smallest absolute Gasteiger partial charge is 0.274 e. The highest BCUT2D eigenvalue weighted by Gasteiger charge is 2.45. The van der Waals surface area contributed by atoms with Gasteiger partial charge >= 0.3 is 0 Å². The van der Waals surface area contributed by atoms with E-state index in [-0.39, 0.29) is 19.1 Å². The van der Waals surface area contributed by atoms with Gasteiger partial charge in [0.1, 0.15) is 12.9 Å². The first-order chi connectivity index (χ1) is 10.6. The number of ether oxygens (including phenoxy) is 3. The first-order valence-corrected chi connectivity index (χ1v) is 7.72. The zero-order valence-corrected chi connectivity index (χ0v) is 13.0. The number of benzene rings is 1. The van der Waals surface area contributed by atoms with Gasteiger partial charge in [0, 0.05) is 20.1 Å². The molecule has 1 aliphatic rings. The molecular weight excluding hydrogens is 290 g/mol. The minimum atomic E-state index is -2.78. The SMILES string of the molecule is COCOC1CCC(CCOCc2ccccc2)CC1(F)F. The molecule has 22 heavy (non-hydrogen) atoms. The highest BCUT2D eigenvalue weighted by Crippen LogP contribution is 2.40. The second kappa shape index (κ2) is 8.56.